The predicted octanol–water partition coefficient (Wildman–Crippen LogP) is 2.51. The highest BCUT2D eigenvalue weighted by atomic mass is 16.2. The molecule has 0 spiro atoms. The summed E-state index contributed by atoms with van der Waals surface area (Å²) in [5.74, 6) is -0.771. The molecule has 3 heterocycles. The number of carbonyl (C=O) groups is 2. The summed E-state index contributed by atoms with van der Waals surface area (Å²) in [6.45, 7) is 0.446. The number of nitrogens with one attached hydrogen (secondary N) is 4. The van der Waals surface area contributed by atoms with E-state index in [1.165, 1.54) is 12.4 Å². The minimum atomic E-state index is -0.408. The predicted molar refractivity (Wildman–Crippen MR) is 105 cm³/mol. The van der Waals surface area contributed by atoms with Crippen molar-refractivity contribution in [1.29, 1.82) is 0 Å². The Labute approximate surface area is 160 Å². The number of nitrogens with zero attached hydrogens (tertiary/aromatic N) is 2. The Morgan fingerprint density at radius 2 is 1.86 bits per heavy atom. The summed E-state index contributed by atoms with van der Waals surface area (Å²) in [7, 11) is 0. The summed E-state index contributed by atoms with van der Waals surface area (Å²) in [4.78, 5) is 31.9. The molecule has 140 valence electrons. The first kappa shape index (κ1) is 17.5. The first-order valence-corrected chi connectivity index (χ1v) is 8.82. The molecule has 2 amide bonds. The van der Waals surface area contributed by atoms with E-state index < -0.39 is 5.91 Å². The number of amides is 2. The van der Waals surface area contributed by atoms with Crippen molar-refractivity contribution in [1.82, 2.24) is 25.5 Å². The van der Waals surface area contributed by atoms with Crippen LogP contribution in [-0.2, 0) is 6.42 Å². The van der Waals surface area contributed by atoms with Gasteiger partial charge in [0, 0.05) is 36.0 Å². The van der Waals surface area contributed by atoms with Crippen LogP contribution in [0.2, 0.25) is 0 Å². The second kappa shape index (κ2) is 7.75. The molecule has 4 rings (SSSR count). The summed E-state index contributed by atoms with van der Waals surface area (Å²) < 4.78 is 0. The molecule has 8 nitrogen and oxygen atoms in total. The van der Waals surface area contributed by atoms with E-state index in [2.05, 4.69) is 30.8 Å². The van der Waals surface area contributed by atoms with Crippen molar-refractivity contribution in [3.05, 3.63) is 78.0 Å². The number of fused-ring (bicyclic) bond motifs is 1. The number of rotatable bonds is 6. The topological polar surface area (TPSA) is 116 Å². The smallest absolute Gasteiger partial charge is 0.274 e. The molecule has 0 saturated carbocycles. The van der Waals surface area contributed by atoms with Gasteiger partial charge in [-0.3, -0.25) is 19.7 Å². The lowest BCUT2D eigenvalue weighted by Crippen LogP contribution is -2.27. The minimum Gasteiger partial charge on any atom is -0.361 e. The zero-order valence-corrected chi connectivity index (χ0v) is 14.9. The van der Waals surface area contributed by atoms with E-state index in [9.17, 15) is 9.59 Å². The van der Waals surface area contributed by atoms with Gasteiger partial charge < -0.3 is 15.6 Å². The molecular formula is C20H18N6O2. The Balaban J connectivity index is 1.38. The standard InChI is InChI=1S/C20H18N6O2/c27-19(16-7-3-4-9-21-16)25-17-12-24-26-18(17)20(28)22-10-8-13-11-23-15-6-2-1-5-14(13)15/h1-7,9,11-12,23H,8,10H2,(H,22,28)(H,24,26)(H,25,27). The van der Waals surface area contributed by atoms with Gasteiger partial charge in [-0.05, 0) is 30.2 Å². The van der Waals surface area contributed by atoms with Gasteiger partial charge in [-0.15, -0.1) is 0 Å². The van der Waals surface area contributed by atoms with E-state index in [4.69, 9.17) is 0 Å². The molecule has 0 radical (unpaired) electrons. The number of anilines is 1. The number of hydrogen-bond acceptors (Lipinski definition) is 4. The van der Waals surface area contributed by atoms with Crippen molar-refractivity contribution in [3.63, 3.8) is 0 Å². The van der Waals surface area contributed by atoms with Gasteiger partial charge in [-0.1, -0.05) is 24.3 Å². The largest absolute Gasteiger partial charge is 0.361 e. The average Bonchev–Trinajstić information content (AvgIpc) is 3.36. The molecule has 8 heteroatoms. The maximum absolute atomic E-state index is 12.5. The fourth-order valence-electron chi connectivity index (χ4n) is 2.97. The summed E-state index contributed by atoms with van der Waals surface area (Å²) in [6.07, 6.45) is 5.62. The average molecular weight is 374 g/mol. The van der Waals surface area contributed by atoms with Gasteiger partial charge in [-0.25, -0.2) is 0 Å². The minimum absolute atomic E-state index is 0.128. The number of pyridine rings is 1. The van der Waals surface area contributed by atoms with E-state index in [1.54, 1.807) is 18.2 Å². The van der Waals surface area contributed by atoms with Gasteiger partial charge >= 0.3 is 0 Å². The van der Waals surface area contributed by atoms with Gasteiger partial charge in [-0.2, -0.15) is 5.10 Å². The maximum atomic E-state index is 12.5. The zero-order chi connectivity index (χ0) is 19.3. The highest BCUT2D eigenvalue weighted by Gasteiger charge is 2.17. The third-order valence-corrected chi connectivity index (χ3v) is 4.36. The Kier molecular flexibility index (Phi) is 4.83. The normalized spacial score (nSPS) is 10.7. The lowest BCUT2D eigenvalue weighted by Gasteiger charge is -2.06. The van der Waals surface area contributed by atoms with Crippen molar-refractivity contribution in [2.45, 2.75) is 6.42 Å². The molecule has 0 aliphatic rings. The van der Waals surface area contributed by atoms with Crippen LogP contribution in [0, 0.1) is 0 Å². The number of aromatic nitrogens is 4. The number of hydrogen-bond donors (Lipinski definition) is 4. The van der Waals surface area contributed by atoms with Gasteiger partial charge in [0.2, 0.25) is 0 Å². The molecule has 28 heavy (non-hydrogen) atoms. The molecule has 0 aliphatic carbocycles. The van der Waals surface area contributed by atoms with E-state index >= 15 is 0 Å². The fourth-order valence-corrected chi connectivity index (χ4v) is 2.97. The SMILES string of the molecule is O=C(Nc1c[nH]nc1C(=O)NCCc1c[nH]c2ccccc12)c1ccccn1. The number of carbonyl (C=O) groups excluding carboxylic acids is 2. The molecule has 0 fully saturated rings. The van der Waals surface area contributed by atoms with Gasteiger partial charge in [0.05, 0.1) is 5.69 Å². The Morgan fingerprint density at radius 1 is 1.00 bits per heavy atom. The summed E-state index contributed by atoms with van der Waals surface area (Å²) in [5.41, 5.74) is 2.88. The van der Waals surface area contributed by atoms with Crippen LogP contribution in [0.25, 0.3) is 10.9 Å². The van der Waals surface area contributed by atoms with E-state index in [-0.39, 0.29) is 17.3 Å². The Bertz CT molecular complexity index is 1120. The van der Waals surface area contributed by atoms with Crippen LogP contribution in [0.4, 0.5) is 5.69 Å². The highest BCUT2D eigenvalue weighted by molar-refractivity contribution is 6.07. The molecule has 3 aromatic heterocycles. The van der Waals surface area contributed by atoms with E-state index in [1.807, 2.05) is 30.5 Å². The molecule has 0 aliphatic heterocycles. The molecule has 0 unspecified atom stereocenters. The van der Waals surface area contributed by atoms with Crippen LogP contribution in [-0.4, -0.2) is 38.5 Å². The van der Waals surface area contributed by atoms with Crippen molar-refractivity contribution >= 4 is 28.4 Å². The monoisotopic (exact) mass is 374 g/mol. The van der Waals surface area contributed by atoms with Crippen LogP contribution in [0.5, 0.6) is 0 Å². The van der Waals surface area contributed by atoms with Crippen molar-refractivity contribution in [3.8, 4) is 0 Å². The third kappa shape index (κ3) is 3.61. The first-order valence-electron chi connectivity index (χ1n) is 8.82. The Morgan fingerprint density at radius 3 is 2.71 bits per heavy atom. The van der Waals surface area contributed by atoms with E-state index in [0.29, 0.717) is 18.7 Å². The molecule has 0 saturated heterocycles. The third-order valence-electron chi connectivity index (χ3n) is 4.36. The summed E-state index contributed by atoms with van der Waals surface area (Å²) in [5, 5.41) is 13.2. The van der Waals surface area contributed by atoms with Crippen molar-refractivity contribution in [2.24, 2.45) is 0 Å². The first-order chi connectivity index (χ1) is 13.7. The van der Waals surface area contributed by atoms with Gasteiger partial charge in [0.1, 0.15) is 5.69 Å². The summed E-state index contributed by atoms with van der Waals surface area (Å²) in [6, 6.07) is 13.0. The number of para-hydroxylation sites is 1. The number of benzene rings is 1. The zero-order valence-electron chi connectivity index (χ0n) is 14.9. The van der Waals surface area contributed by atoms with Gasteiger partial charge in [0.25, 0.3) is 11.8 Å². The molecule has 1 aromatic carbocycles. The van der Waals surface area contributed by atoms with Crippen LogP contribution >= 0.6 is 0 Å². The second-order valence-corrected chi connectivity index (χ2v) is 6.18. The molecular weight excluding hydrogens is 356 g/mol. The van der Waals surface area contributed by atoms with Crippen molar-refractivity contribution in [2.75, 3.05) is 11.9 Å². The second-order valence-electron chi connectivity index (χ2n) is 6.18. The molecule has 0 bridgehead atoms. The lowest BCUT2D eigenvalue weighted by molar-refractivity contribution is 0.0950. The van der Waals surface area contributed by atoms with Crippen LogP contribution in [0.1, 0.15) is 26.5 Å². The molecule has 4 aromatic rings. The maximum Gasteiger partial charge on any atom is 0.274 e. The quantitative estimate of drug-likeness (QED) is 0.415. The van der Waals surface area contributed by atoms with Crippen LogP contribution in [0.15, 0.2) is 61.1 Å². The van der Waals surface area contributed by atoms with Crippen LogP contribution < -0.4 is 10.6 Å². The molecule has 4 N–H and O–H groups in total. The summed E-state index contributed by atoms with van der Waals surface area (Å²) >= 11 is 0. The number of H-pyrrole nitrogens is 2. The Hall–Kier alpha value is -3.94. The molecule has 0 atom stereocenters. The van der Waals surface area contributed by atoms with Crippen LogP contribution in [0.3, 0.4) is 0 Å². The van der Waals surface area contributed by atoms with E-state index in [0.717, 1.165) is 16.5 Å². The number of aromatic amines is 2. The van der Waals surface area contributed by atoms with Gasteiger partial charge in [0.15, 0.2) is 5.69 Å². The highest BCUT2D eigenvalue weighted by Crippen LogP contribution is 2.18. The fraction of sp³-hybridized carbons (Fsp3) is 0.100. The lowest BCUT2D eigenvalue weighted by atomic mass is 10.1. The van der Waals surface area contributed by atoms with Crippen molar-refractivity contribution < 1.29 is 9.59 Å².